The van der Waals surface area contributed by atoms with Crippen molar-refractivity contribution in [2.45, 2.75) is 27.7 Å². The predicted octanol–water partition coefficient (Wildman–Crippen LogP) is 13.1. The van der Waals surface area contributed by atoms with E-state index in [0.717, 1.165) is 50.0 Å². The van der Waals surface area contributed by atoms with Crippen LogP contribution in [0.5, 0.6) is 0 Å². The number of nitrogens with zero attached hydrogens (tertiary/aromatic N) is 4. The third-order valence-electron chi connectivity index (χ3n) is 11.1. The van der Waals surface area contributed by atoms with Crippen LogP contribution < -0.4 is 0 Å². The summed E-state index contributed by atoms with van der Waals surface area (Å²) in [5.74, 6) is 0. The fourth-order valence-electron chi connectivity index (χ4n) is 8.49. The molecule has 54 heavy (non-hydrogen) atoms. The summed E-state index contributed by atoms with van der Waals surface area (Å²) in [5.41, 5.74) is 15.8. The number of aryl methyl sites for hydroxylation is 3. The highest BCUT2D eigenvalue weighted by Gasteiger charge is 2.19. The number of aromatic nitrogens is 4. The Labute approximate surface area is 314 Å². The van der Waals surface area contributed by atoms with Gasteiger partial charge in [0, 0.05) is 55.8 Å². The van der Waals surface area contributed by atoms with E-state index in [9.17, 15) is 0 Å². The minimum atomic E-state index is 0.945. The highest BCUT2D eigenvalue weighted by atomic mass is 15.0. The number of hydrogen-bond donors (Lipinski definition) is 0. The van der Waals surface area contributed by atoms with Gasteiger partial charge in [-0.25, -0.2) is 0 Å². The first-order valence-corrected chi connectivity index (χ1v) is 18.6. The lowest BCUT2D eigenvalue weighted by atomic mass is 9.97. The number of benzene rings is 6. The fourth-order valence-corrected chi connectivity index (χ4v) is 8.49. The van der Waals surface area contributed by atoms with Crippen molar-refractivity contribution in [1.82, 2.24) is 19.1 Å². The summed E-state index contributed by atoms with van der Waals surface area (Å²) in [7, 11) is 0. The summed E-state index contributed by atoms with van der Waals surface area (Å²) in [6.45, 7) is 8.59. The van der Waals surface area contributed by atoms with Crippen LogP contribution in [0.15, 0.2) is 140 Å². The van der Waals surface area contributed by atoms with E-state index in [2.05, 4.69) is 182 Å². The Hall–Kier alpha value is -6.78. The molecular formula is C50H38N4. The van der Waals surface area contributed by atoms with Crippen molar-refractivity contribution in [3.8, 4) is 11.4 Å². The molecule has 0 bridgehead atoms. The maximum Gasteiger partial charge on any atom is 0.0967 e. The summed E-state index contributed by atoms with van der Waals surface area (Å²) in [6, 6.07) is 44.1. The molecule has 0 unspecified atom stereocenters. The number of rotatable bonds is 5. The van der Waals surface area contributed by atoms with Crippen molar-refractivity contribution in [2.24, 2.45) is 0 Å². The van der Waals surface area contributed by atoms with Crippen LogP contribution in [0, 0.1) is 20.8 Å². The van der Waals surface area contributed by atoms with E-state index >= 15 is 0 Å². The first-order valence-electron chi connectivity index (χ1n) is 18.6. The largest absolute Gasteiger partial charge is 0.309 e. The number of para-hydroxylation sites is 4. The van der Waals surface area contributed by atoms with E-state index in [1.165, 1.54) is 60.1 Å². The molecule has 0 fully saturated rings. The number of hydrogen-bond acceptors (Lipinski definition) is 2. The molecule has 10 aromatic rings. The zero-order valence-corrected chi connectivity index (χ0v) is 30.8. The Kier molecular flexibility index (Phi) is 7.34. The molecule has 4 heteroatoms. The monoisotopic (exact) mass is 694 g/mol. The normalized spacial score (nSPS) is 12.3. The Morgan fingerprint density at radius 1 is 0.444 bits per heavy atom. The lowest BCUT2D eigenvalue weighted by Gasteiger charge is -2.18. The van der Waals surface area contributed by atoms with Gasteiger partial charge in [0.1, 0.15) is 0 Å². The molecule has 0 atom stereocenters. The van der Waals surface area contributed by atoms with Crippen molar-refractivity contribution in [3.05, 3.63) is 173 Å². The molecule has 0 spiro atoms. The van der Waals surface area contributed by atoms with E-state index in [1.54, 1.807) is 0 Å². The third kappa shape index (κ3) is 4.84. The van der Waals surface area contributed by atoms with Crippen LogP contribution in [0.3, 0.4) is 0 Å². The fraction of sp³-hybridized carbons (Fsp3) is 0.0800. The van der Waals surface area contributed by atoms with Gasteiger partial charge in [-0.2, -0.15) is 0 Å². The molecule has 10 rings (SSSR count). The molecule has 4 aromatic heterocycles. The summed E-state index contributed by atoms with van der Waals surface area (Å²) >= 11 is 0. The topological polar surface area (TPSA) is 35.6 Å². The van der Waals surface area contributed by atoms with E-state index < -0.39 is 0 Å². The molecule has 0 aliphatic heterocycles. The van der Waals surface area contributed by atoms with Gasteiger partial charge in [0.15, 0.2) is 0 Å². The lowest BCUT2D eigenvalue weighted by molar-refractivity contribution is 1.13. The molecule has 0 aliphatic rings. The Balaban J connectivity index is 1.26. The van der Waals surface area contributed by atoms with E-state index in [4.69, 9.17) is 9.97 Å². The molecule has 4 heterocycles. The van der Waals surface area contributed by atoms with Crippen molar-refractivity contribution in [2.75, 3.05) is 0 Å². The quantitative estimate of drug-likeness (QED) is 0.168. The van der Waals surface area contributed by atoms with Crippen LogP contribution in [-0.2, 0) is 0 Å². The molecule has 258 valence electrons. The van der Waals surface area contributed by atoms with E-state index in [0.29, 0.717) is 0 Å². The average molecular weight is 695 g/mol. The van der Waals surface area contributed by atoms with Gasteiger partial charge in [0.05, 0.1) is 44.5 Å². The van der Waals surface area contributed by atoms with E-state index in [1.807, 2.05) is 12.4 Å². The molecule has 6 aromatic carbocycles. The van der Waals surface area contributed by atoms with Gasteiger partial charge < -0.3 is 9.13 Å². The summed E-state index contributed by atoms with van der Waals surface area (Å²) < 4.78 is 4.86. The molecule has 0 radical (unpaired) electrons. The Morgan fingerprint density at radius 2 is 0.870 bits per heavy atom. The summed E-state index contributed by atoms with van der Waals surface area (Å²) in [5, 5.41) is 7.27. The average Bonchev–Trinajstić information content (AvgIpc) is 3.72. The van der Waals surface area contributed by atoms with Crippen LogP contribution in [0.4, 0.5) is 0 Å². The number of allylic oxidation sites excluding steroid dienone is 1. The Bertz CT molecular complexity index is 3100. The van der Waals surface area contributed by atoms with E-state index in [-0.39, 0.29) is 0 Å². The second-order valence-electron chi connectivity index (χ2n) is 14.4. The number of pyridine rings is 2. The molecule has 0 amide bonds. The molecular weight excluding hydrogens is 657 g/mol. The highest BCUT2D eigenvalue weighted by molar-refractivity contribution is 6.11. The molecule has 0 aliphatic carbocycles. The second-order valence-corrected chi connectivity index (χ2v) is 14.4. The maximum absolute atomic E-state index is 5.04. The molecule has 0 N–H and O–H groups in total. The van der Waals surface area contributed by atoms with Crippen LogP contribution in [0.2, 0.25) is 0 Å². The molecule has 0 saturated heterocycles. The first kappa shape index (κ1) is 31.9. The lowest BCUT2D eigenvalue weighted by Crippen LogP contribution is -2.03. The third-order valence-corrected chi connectivity index (χ3v) is 11.1. The SMILES string of the molecule is C/C=C/c1cc(-n2c3ccccc3c3ccccc32)c(/C=C/c2cnc3c(c2)c(C)c(C)c2cc(C)cnc23)cc1-n1c2ccccc2c2ccccc21. The highest BCUT2D eigenvalue weighted by Crippen LogP contribution is 2.39. The summed E-state index contributed by atoms with van der Waals surface area (Å²) in [6.07, 6.45) is 12.8. The smallest absolute Gasteiger partial charge is 0.0967 e. The van der Waals surface area contributed by atoms with Crippen LogP contribution in [0.1, 0.15) is 40.3 Å². The van der Waals surface area contributed by atoms with Gasteiger partial charge in [-0.1, -0.05) is 97.1 Å². The first-order chi connectivity index (χ1) is 26.5. The van der Waals surface area contributed by atoms with Gasteiger partial charge in [-0.3, -0.25) is 9.97 Å². The predicted molar refractivity (Wildman–Crippen MR) is 230 cm³/mol. The zero-order chi connectivity index (χ0) is 36.5. The van der Waals surface area contributed by atoms with Gasteiger partial charge >= 0.3 is 0 Å². The van der Waals surface area contributed by atoms with Crippen molar-refractivity contribution in [1.29, 1.82) is 0 Å². The van der Waals surface area contributed by atoms with Gasteiger partial charge in [-0.05, 0) is 98.5 Å². The van der Waals surface area contributed by atoms with Gasteiger partial charge in [-0.15, -0.1) is 0 Å². The second kappa shape index (κ2) is 12.4. The van der Waals surface area contributed by atoms with Crippen LogP contribution in [-0.4, -0.2) is 19.1 Å². The standard InChI is InChI=1S/C50H38N4/c1-5-14-35-27-48(54-45-21-12-8-17-39(45)40-18-9-13-22-46(40)54)36(28-47(35)53-43-19-10-6-15-37(43)38-16-7-11-20-44(38)53)24-23-34-26-42-33(4)32(3)41-25-31(2)29-51-49(41)50(42)52-30-34/h5-30H,1-4H3/b14-5+,24-23+. The molecule has 4 nitrogen and oxygen atoms in total. The minimum Gasteiger partial charge on any atom is -0.309 e. The van der Waals surface area contributed by atoms with Crippen LogP contribution in [0.25, 0.3) is 95.0 Å². The Morgan fingerprint density at radius 3 is 1.35 bits per heavy atom. The molecule has 0 saturated carbocycles. The zero-order valence-electron chi connectivity index (χ0n) is 30.8. The van der Waals surface area contributed by atoms with Crippen molar-refractivity contribution in [3.63, 3.8) is 0 Å². The van der Waals surface area contributed by atoms with Gasteiger partial charge in [0.2, 0.25) is 0 Å². The van der Waals surface area contributed by atoms with Crippen molar-refractivity contribution < 1.29 is 0 Å². The maximum atomic E-state index is 5.04. The van der Waals surface area contributed by atoms with Gasteiger partial charge in [0.25, 0.3) is 0 Å². The minimum absolute atomic E-state index is 0.945. The number of fused-ring (bicyclic) bond motifs is 9. The van der Waals surface area contributed by atoms with Crippen LogP contribution >= 0.6 is 0 Å². The van der Waals surface area contributed by atoms with Crippen molar-refractivity contribution >= 4 is 83.6 Å². The summed E-state index contributed by atoms with van der Waals surface area (Å²) in [4.78, 5) is 9.87.